The quantitative estimate of drug-likeness (QED) is 0.818. The van der Waals surface area contributed by atoms with Crippen molar-refractivity contribution in [2.45, 2.75) is 6.54 Å². The fourth-order valence-electron chi connectivity index (χ4n) is 1.53. The maximum atomic E-state index is 13.0. The van der Waals surface area contributed by atoms with Gasteiger partial charge >= 0.3 is 0 Å². The predicted molar refractivity (Wildman–Crippen MR) is 69.1 cm³/mol. The van der Waals surface area contributed by atoms with Crippen LogP contribution in [0.15, 0.2) is 51.9 Å². The molecule has 0 spiro atoms. The number of rotatable bonds is 3. The van der Waals surface area contributed by atoms with Crippen LogP contribution in [-0.2, 0) is 6.54 Å². The van der Waals surface area contributed by atoms with E-state index in [0.717, 1.165) is 6.07 Å². The highest BCUT2D eigenvalue weighted by Gasteiger charge is 2.08. The smallest absolute Gasteiger partial charge is 0.251 e. The highest BCUT2D eigenvalue weighted by Crippen LogP contribution is 2.08. The second kappa shape index (κ2) is 5.27. The maximum Gasteiger partial charge on any atom is 0.251 e. The molecule has 0 saturated heterocycles. The summed E-state index contributed by atoms with van der Waals surface area (Å²) in [5.41, 5.74) is -0.0233. The third kappa shape index (κ3) is 2.92. The molecule has 18 heavy (non-hydrogen) atoms. The lowest BCUT2D eigenvalue weighted by Gasteiger charge is -2.05. The molecule has 0 fully saturated rings. The van der Waals surface area contributed by atoms with Crippen molar-refractivity contribution < 1.29 is 9.18 Å². The van der Waals surface area contributed by atoms with E-state index in [9.17, 15) is 14.0 Å². The zero-order chi connectivity index (χ0) is 13.1. The van der Waals surface area contributed by atoms with E-state index in [-0.39, 0.29) is 23.5 Å². The van der Waals surface area contributed by atoms with Gasteiger partial charge in [0.05, 0.1) is 6.54 Å². The molecule has 92 valence electrons. The SMILES string of the molecule is O=C(Cn1cc(Br)ccc1=O)c1cccc(F)c1. The molecule has 0 aliphatic rings. The highest BCUT2D eigenvalue weighted by atomic mass is 79.9. The Morgan fingerprint density at radius 3 is 2.78 bits per heavy atom. The first-order chi connectivity index (χ1) is 8.56. The molecule has 0 aliphatic carbocycles. The van der Waals surface area contributed by atoms with Gasteiger partial charge in [-0.25, -0.2) is 4.39 Å². The van der Waals surface area contributed by atoms with E-state index in [2.05, 4.69) is 15.9 Å². The first-order valence-corrected chi connectivity index (χ1v) is 6.00. The number of Topliss-reactive ketones (excluding diaryl/α,β-unsaturated/α-hetero) is 1. The van der Waals surface area contributed by atoms with Crippen molar-refractivity contribution in [1.29, 1.82) is 0 Å². The van der Waals surface area contributed by atoms with Crippen molar-refractivity contribution in [3.63, 3.8) is 0 Å². The topological polar surface area (TPSA) is 39.1 Å². The Morgan fingerprint density at radius 2 is 2.06 bits per heavy atom. The molecular weight excluding hydrogens is 301 g/mol. The summed E-state index contributed by atoms with van der Waals surface area (Å²) in [6, 6.07) is 8.38. The summed E-state index contributed by atoms with van der Waals surface area (Å²) in [5, 5.41) is 0. The second-order valence-corrected chi connectivity index (χ2v) is 4.66. The lowest BCUT2D eigenvalue weighted by molar-refractivity contribution is 0.0970. The standard InChI is InChI=1S/C13H9BrFNO2/c14-10-4-5-13(18)16(7-10)8-12(17)9-2-1-3-11(15)6-9/h1-7H,8H2. The Kier molecular flexibility index (Phi) is 3.72. The molecule has 0 unspecified atom stereocenters. The molecular formula is C13H9BrFNO2. The van der Waals surface area contributed by atoms with Crippen LogP contribution in [0.1, 0.15) is 10.4 Å². The molecule has 2 rings (SSSR count). The predicted octanol–water partition coefficient (Wildman–Crippen LogP) is 2.63. The van der Waals surface area contributed by atoms with Crippen LogP contribution >= 0.6 is 15.9 Å². The van der Waals surface area contributed by atoms with Crippen LogP contribution in [-0.4, -0.2) is 10.4 Å². The van der Waals surface area contributed by atoms with Gasteiger partial charge in [0.2, 0.25) is 0 Å². The van der Waals surface area contributed by atoms with Crippen LogP contribution in [0.3, 0.4) is 0 Å². The molecule has 1 heterocycles. The van der Waals surface area contributed by atoms with Crippen LogP contribution < -0.4 is 5.56 Å². The van der Waals surface area contributed by atoms with E-state index >= 15 is 0 Å². The Morgan fingerprint density at radius 1 is 1.28 bits per heavy atom. The van der Waals surface area contributed by atoms with E-state index < -0.39 is 5.82 Å². The summed E-state index contributed by atoms with van der Waals surface area (Å²) < 4.78 is 15.0. The summed E-state index contributed by atoms with van der Waals surface area (Å²) in [6.07, 6.45) is 1.53. The third-order valence-corrected chi connectivity index (χ3v) is 2.88. The Bertz CT molecular complexity index is 651. The fourth-order valence-corrected chi connectivity index (χ4v) is 1.91. The van der Waals surface area contributed by atoms with Crippen molar-refractivity contribution in [1.82, 2.24) is 4.57 Å². The van der Waals surface area contributed by atoms with Crippen LogP contribution in [0.25, 0.3) is 0 Å². The molecule has 0 atom stereocenters. The van der Waals surface area contributed by atoms with E-state index in [0.29, 0.717) is 4.47 Å². The maximum absolute atomic E-state index is 13.0. The molecule has 0 N–H and O–H groups in total. The summed E-state index contributed by atoms with van der Waals surface area (Å²) in [6.45, 7) is -0.109. The number of benzene rings is 1. The summed E-state index contributed by atoms with van der Waals surface area (Å²) in [4.78, 5) is 23.4. The summed E-state index contributed by atoms with van der Waals surface area (Å²) >= 11 is 3.22. The van der Waals surface area contributed by atoms with Crippen LogP contribution in [0, 0.1) is 5.82 Å². The number of halogens is 2. The fraction of sp³-hybridized carbons (Fsp3) is 0.0769. The second-order valence-electron chi connectivity index (χ2n) is 3.75. The van der Waals surface area contributed by atoms with Crippen molar-refractivity contribution in [3.05, 3.63) is 68.8 Å². The van der Waals surface area contributed by atoms with Gasteiger partial charge in [0.1, 0.15) is 5.82 Å². The molecule has 0 aliphatic heterocycles. The van der Waals surface area contributed by atoms with Gasteiger partial charge in [-0.15, -0.1) is 0 Å². The first-order valence-electron chi connectivity index (χ1n) is 5.21. The minimum Gasteiger partial charge on any atom is -0.307 e. The van der Waals surface area contributed by atoms with Gasteiger partial charge in [-0.3, -0.25) is 9.59 Å². The summed E-state index contributed by atoms with van der Waals surface area (Å²) in [7, 11) is 0. The van der Waals surface area contributed by atoms with Gasteiger partial charge in [-0.1, -0.05) is 12.1 Å². The van der Waals surface area contributed by atoms with Crippen LogP contribution in [0.5, 0.6) is 0 Å². The number of nitrogens with zero attached hydrogens (tertiary/aromatic N) is 1. The van der Waals surface area contributed by atoms with E-state index in [4.69, 9.17) is 0 Å². The minimum atomic E-state index is -0.470. The molecule has 1 aromatic heterocycles. The van der Waals surface area contributed by atoms with E-state index in [1.165, 1.54) is 35.0 Å². The number of carbonyl (C=O) groups excluding carboxylic acids is 1. The molecule has 0 saturated carbocycles. The highest BCUT2D eigenvalue weighted by molar-refractivity contribution is 9.10. The van der Waals surface area contributed by atoms with Crippen LogP contribution in [0.2, 0.25) is 0 Å². The van der Waals surface area contributed by atoms with Gasteiger partial charge in [0, 0.05) is 22.3 Å². The molecule has 3 nitrogen and oxygen atoms in total. The average Bonchev–Trinajstić information content (AvgIpc) is 2.34. The monoisotopic (exact) mass is 309 g/mol. The number of aromatic nitrogens is 1. The zero-order valence-electron chi connectivity index (χ0n) is 9.27. The molecule has 5 heteroatoms. The number of hydrogen-bond donors (Lipinski definition) is 0. The third-order valence-electron chi connectivity index (χ3n) is 2.41. The van der Waals surface area contributed by atoms with Crippen molar-refractivity contribution in [2.75, 3.05) is 0 Å². The average molecular weight is 310 g/mol. The van der Waals surface area contributed by atoms with E-state index in [1.54, 1.807) is 6.07 Å². The zero-order valence-corrected chi connectivity index (χ0v) is 10.9. The van der Waals surface area contributed by atoms with Crippen molar-refractivity contribution in [2.24, 2.45) is 0 Å². The largest absolute Gasteiger partial charge is 0.307 e. The van der Waals surface area contributed by atoms with Crippen LogP contribution in [0.4, 0.5) is 4.39 Å². The molecule has 2 aromatic rings. The Balaban J connectivity index is 2.27. The van der Waals surface area contributed by atoms with Gasteiger partial charge in [-0.2, -0.15) is 0 Å². The summed E-state index contributed by atoms with van der Waals surface area (Å²) in [5.74, 6) is -0.780. The molecule has 0 bridgehead atoms. The van der Waals surface area contributed by atoms with Crippen molar-refractivity contribution >= 4 is 21.7 Å². The minimum absolute atomic E-state index is 0.109. The van der Waals surface area contributed by atoms with Gasteiger partial charge in [-0.05, 0) is 34.1 Å². The normalized spacial score (nSPS) is 10.3. The Labute approximate surface area is 111 Å². The molecule has 0 amide bonds. The number of ketones is 1. The lowest BCUT2D eigenvalue weighted by Crippen LogP contribution is -2.23. The molecule has 0 radical (unpaired) electrons. The first kappa shape index (κ1) is 12.7. The number of carbonyl (C=O) groups is 1. The van der Waals surface area contributed by atoms with Crippen molar-refractivity contribution in [3.8, 4) is 0 Å². The number of pyridine rings is 1. The van der Waals surface area contributed by atoms with Gasteiger partial charge < -0.3 is 4.57 Å². The van der Waals surface area contributed by atoms with Gasteiger partial charge in [0.25, 0.3) is 5.56 Å². The van der Waals surface area contributed by atoms with E-state index in [1.807, 2.05) is 0 Å². The lowest BCUT2D eigenvalue weighted by atomic mass is 10.1. The Hall–Kier alpha value is -1.75. The molecule has 1 aromatic carbocycles. The van der Waals surface area contributed by atoms with Gasteiger partial charge in [0.15, 0.2) is 5.78 Å². The number of hydrogen-bond acceptors (Lipinski definition) is 2.